The normalized spacial score (nSPS) is 26.6. The van der Waals surface area contributed by atoms with Crippen LogP contribution in [0.3, 0.4) is 0 Å². The second kappa shape index (κ2) is 9.19. The van der Waals surface area contributed by atoms with Crippen LogP contribution in [0.2, 0.25) is 5.02 Å². The van der Waals surface area contributed by atoms with E-state index in [-0.39, 0.29) is 16.9 Å². The molecule has 2 aromatic rings. The number of benzene rings is 2. The first-order valence-corrected chi connectivity index (χ1v) is 14.7. The number of terminal acetylenes is 1. The number of sulfonamides is 1. The maximum Gasteiger partial charge on any atom is 0.209 e. The number of ether oxygens (including phenoxy) is 2. The van der Waals surface area contributed by atoms with Crippen LogP contribution < -0.4 is 14.2 Å². The van der Waals surface area contributed by atoms with Crippen LogP contribution in [0.4, 0.5) is 0 Å². The van der Waals surface area contributed by atoms with Gasteiger partial charge in [0.1, 0.15) is 12.4 Å². The lowest BCUT2D eigenvalue weighted by Gasteiger charge is -2.69. The second-order valence-electron chi connectivity index (χ2n) is 10.3. The van der Waals surface area contributed by atoms with Crippen molar-refractivity contribution >= 4 is 33.2 Å². The lowest BCUT2D eigenvalue weighted by atomic mass is 9.40. The third-order valence-corrected chi connectivity index (χ3v) is 8.70. The van der Waals surface area contributed by atoms with Crippen LogP contribution in [0.15, 0.2) is 30.3 Å². The summed E-state index contributed by atoms with van der Waals surface area (Å²) in [5.41, 5.74) is 4.17. The molecule has 5 nitrogen and oxygen atoms in total. The molecule has 8 heteroatoms. The van der Waals surface area contributed by atoms with E-state index in [1.807, 2.05) is 18.2 Å². The number of halogens is 2. The van der Waals surface area contributed by atoms with E-state index in [1.54, 1.807) is 0 Å². The van der Waals surface area contributed by atoms with Gasteiger partial charge in [-0.3, -0.25) is 0 Å². The Balaban J connectivity index is 1.29. The van der Waals surface area contributed by atoms with E-state index >= 15 is 0 Å². The molecule has 0 radical (unpaired) electrons. The average molecular weight is 535 g/mol. The van der Waals surface area contributed by atoms with E-state index in [4.69, 9.17) is 39.1 Å². The molecule has 6 rings (SSSR count). The van der Waals surface area contributed by atoms with E-state index < -0.39 is 10.0 Å². The van der Waals surface area contributed by atoms with E-state index in [2.05, 4.69) is 22.8 Å². The van der Waals surface area contributed by atoms with Crippen molar-refractivity contribution in [3.05, 3.63) is 57.6 Å². The van der Waals surface area contributed by atoms with Gasteiger partial charge in [-0.2, -0.15) is 0 Å². The van der Waals surface area contributed by atoms with Crippen LogP contribution in [0, 0.1) is 17.8 Å². The van der Waals surface area contributed by atoms with Gasteiger partial charge in [-0.1, -0.05) is 23.6 Å². The molecule has 0 heterocycles. The van der Waals surface area contributed by atoms with Gasteiger partial charge in [0.25, 0.3) is 0 Å². The molecule has 3 fully saturated rings. The maximum atomic E-state index is 11.6. The van der Waals surface area contributed by atoms with Gasteiger partial charge in [-0.05, 0) is 79.5 Å². The zero-order valence-electron chi connectivity index (χ0n) is 19.7. The highest BCUT2D eigenvalue weighted by Gasteiger charge is 2.69. The summed E-state index contributed by atoms with van der Waals surface area (Å²) in [7, 11) is -3.17. The molecular formula is C27H29Cl2NO4S. The van der Waals surface area contributed by atoms with Crippen molar-refractivity contribution in [3.63, 3.8) is 0 Å². The molecule has 4 aliphatic carbocycles. The largest absolute Gasteiger partial charge is 0.493 e. The minimum Gasteiger partial charge on any atom is -0.493 e. The number of rotatable bonds is 9. The fourth-order valence-corrected chi connectivity index (χ4v) is 7.69. The molecule has 186 valence electrons. The Hall–Kier alpha value is -1.91. The minimum absolute atomic E-state index is 0.103. The monoisotopic (exact) mass is 533 g/mol. The molecule has 4 aliphatic rings. The number of hydrogen-bond acceptors (Lipinski definition) is 4. The van der Waals surface area contributed by atoms with Crippen LogP contribution in [-0.4, -0.2) is 39.3 Å². The van der Waals surface area contributed by atoms with Crippen LogP contribution in [0.25, 0.3) is 0 Å². The molecule has 35 heavy (non-hydrogen) atoms. The first-order chi connectivity index (χ1) is 16.6. The van der Waals surface area contributed by atoms with Crippen LogP contribution in [-0.2, 0) is 16.4 Å². The number of nitrogens with one attached hydrogen (secondary N) is 1. The third-order valence-electron chi connectivity index (χ3n) is 7.46. The van der Waals surface area contributed by atoms with Gasteiger partial charge in [-0.25, -0.2) is 13.1 Å². The zero-order valence-corrected chi connectivity index (χ0v) is 22.0. The minimum atomic E-state index is -3.17. The highest BCUT2D eigenvalue weighted by Crippen LogP contribution is 2.67. The SMILES string of the molecule is C#Cc1cc(C2CCCc3cc(OCC45CC(NS(C)(=O)=O)(C4)C5)ccc32)cc(Cl)c1OCCCl. The number of fused-ring (bicyclic) bond motifs is 1. The smallest absolute Gasteiger partial charge is 0.209 e. The molecule has 0 saturated heterocycles. The van der Waals surface area contributed by atoms with Crippen molar-refractivity contribution in [2.24, 2.45) is 5.41 Å². The van der Waals surface area contributed by atoms with Crippen molar-refractivity contribution in [2.45, 2.75) is 50.0 Å². The zero-order chi connectivity index (χ0) is 24.8. The molecule has 2 aromatic carbocycles. The summed E-state index contributed by atoms with van der Waals surface area (Å²) in [4.78, 5) is 0. The molecule has 0 aliphatic heterocycles. The first-order valence-electron chi connectivity index (χ1n) is 11.9. The molecule has 1 unspecified atom stereocenters. The molecule has 0 aromatic heterocycles. The summed E-state index contributed by atoms with van der Waals surface area (Å²) in [5.74, 6) is 4.66. The second-order valence-corrected chi connectivity index (χ2v) is 12.9. The fraction of sp³-hybridized carbons (Fsp3) is 0.481. The van der Waals surface area contributed by atoms with Crippen molar-refractivity contribution in [1.82, 2.24) is 4.72 Å². The van der Waals surface area contributed by atoms with Crippen LogP contribution in [0.1, 0.15) is 60.3 Å². The summed E-state index contributed by atoms with van der Waals surface area (Å²) in [6.07, 6.45) is 12.6. The molecule has 3 saturated carbocycles. The predicted octanol–water partition coefficient (Wildman–Crippen LogP) is 5.26. The van der Waals surface area contributed by atoms with Crippen molar-refractivity contribution in [3.8, 4) is 23.8 Å². The molecular weight excluding hydrogens is 505 g/mol. The Morgan fingerprint density at radius 1 is 1.20 bits per heavy atom. The Morgan fingerprint density at radius 3 is 2.66 bits per heavy atom. The van der Waals surface area contributed by atoms with E-state index in [0.717, 1.165) is 49.8 Å². The molecule has 0 amide bonds. The Bertz CT molecular complexity index is 1280. The average Bonchev–Trinajstić information content (AvgIpc) is 2.77. The maximum absolute atomic E-state index is 11.6. The van der Waals surface area contributed by atoms with E-state index in [9.17, 15) is 8.42 Å². The topological polar surface area (TPSA) is 64.6 Å². The standard InChI is InChI=1S/C27H29Cl2NO4S/c1-3-18-11-20(13-24(29)25(18)33-10-9-28)22-6-4-5-19-12-21(7-8-23(19)22)34-17-26-14-27(15-26,16-26)30-35(2,31)32/h1,7-8,11-13,22,30H,4-6,9-10,14-17H2,2H3. The van der Waals surface area contributed by atoms with Gasteiger partial charge in [0.05, 0.1) is 29.3 Å². The van der Waals surface area contributed by atoms with Gasteiger partial charge < -0.3 is 9.47 Å². The lowest BCUT2D eigenvalue weighted by molar-refractivity contribution is -0.162. The van der Waals surface area contributed by atoms with Gasteiger partial charge in [0, 0.05) is 16.9 Å². The van der Waals surface area contributed by atoms with E-state index in [1.165, 1.54) is 17.4 Å². The predicted molar refractivity (Wildman–Crippen MR) is 139 cm³/mol. The highest BCUT2D eigenvalue weighted by molar-refractivity contribution is 7.88. The van der Waals surface area contributed by atoms with Gasteiger partial charge in [0.2, 0.25) is 10.0 Å². The Kier molecular flexibility index (Phi) is 6.51. The van der Waals surface area contributed by atoms with Crippen molar-refractivity contribution in [1.29, 1.82) is 0 Å². The van der Waals surface area contributed by atoms with Gasteiger partial charge in [0.15, 0.2) is 5.75 Å². The summed E-state index contributed by atoms with van der Waals surface area (Å²) < 4.78 is 37.8. The number of aryl methyl sites for hydroxylation is 1. The van der Waals surface area contributed by atoms with Crippen molar-refractivity contribution < 1.29 is 17.9 Å². The quantitative estimate of drug-likeness (QED) is 0.352. The molecule has 0 spiro atoms. The third kappa shape index (κ3) is 4.89. The summed E-state index contributed by atoms with van der Waals surface area (Å²) in [6, 6.07) is 10.3. The van der Waals surface area contributed by atoms with E-state index in [0.29, 0.717) is 35.4 Å². The fourth-order valence-electron chi connectivity index (χ4n) is 6.33. The Labute approximate surface area is 217 Å². The summed E-state index contributed by atoms with van der Waals surface area (Å²) in [6.45, 7) is 0.966. The van der Waals surface area contributed by atoms with Crippen molar-refractivity contribution in [2.75, 3.05) is 25.3 Å². The van der Waals surface area contributed by atoms with Gasteiger partial charge >= 0.3 is 0 Å². The summed E-state index contributed by atoms with van der Waals surface area (Å²) in [5, 5.41) is 0.509. The highest BCUT2D eigenvalue weighted by atomic mass is 35.5. The molecule has 1 N–H and O–H groups in total. The lowest BCUT2D eigenvalue weighted by Crippen LogP contribution is -2.76. The molecule has 2 bridgehead atoms. The summed E-state index contributed by atoms with van der Waals surface area (Å²) >= 11 is 12.3. The Morgan fingerprint density at radius 2 is 1.97 bits per heavy atom. The molecule has 1 atom stereocenters. The van der Waals surface area contributed by atoms with Crippen LogP contribution >= 0.6 is 23.2 Å². The number of hydrogen-bond donors (Lipinski definition) is 1. The number of alkyl halides is 1. The van der Waals surface area contributed by atoms with Crippen LogP contribution in [0.5, 0.6) is 11.5 Å². The first kappa shape index (κ1) is 24.8. The van der Waals surface area contributed by atoms with Gasteiger partial charge in [-0.15, -0.1) is 18.0 Å².